The third-order valence-electron chi connectivity index (χ3n) is 6.72. The van der Waals surface area contributed by atoms with Crippen molar-refractivity contribution in [2.75, 3.05) is 76.3 Å². The average molecular weight is 541 g/mol. The molecule has 0 N–H and O–H groups in total. The summed E-state index contributed by atoms with van der Waals surface area (Å²) in [7, 11) is 4.26. The second kappa shape index (κ2) is 13.5. The van der Waals surface area contributed by atoms with Crippen LogP contribution in [0.1, 0.15) is 23.2 Å². The van der Waals surface area contributed by atoms with Gasteiger partial charge in [0, 0.05) is 44.8 Å². The van der Waals surface area contributed by atoms with Crippen molar-refractivity contribution in [1.82, 2.24) is 29.7 Å². The largest absolute Gasteiger partial charge is 0.354 e. The number of hydrogen-bond donors (Lipinski definition) is 0. The third-order valence-corrected chi connectivity index (χ3v) is 6.91. The second-order valence-electron chi connectivity index (χ2n) is 9.60. The number of aldehydes is 1. The molecule has 2 fully saturated rings. The number of carbonyl (C=O) groups excluding carboxylic acids is 1. The van der Waals surface area contributed by atoms with Crippen molar-refractivity contribution in [3.05, 3.63) is 59.5 Å². The van der Waals surface area contributed by atoms with Crippen LogP contribution in [0.15, 0.2) is 43.0 Å². The lowest BCUT2D eigenvalue weighted by Crippen LogP contribution is -2.29. The maximum Gasteiger partial charge on any atom is 0.152 e. The molecular weight excluding hydrogens is 507 g/mol. The predicted octanol–water partition coefficient (Wildman–Crippen LogP) is 3.51. The molecule has 0 spiro atoms. The normalized spacial score (nSPS) is 17.3. The molecule has 2 saturated heterocycles. The van der Waals surface area contributed by atoms with Gasteiger partial charge in [-0.3, -0.25) is 14.8 Å². The first-order valence-corrected chi connectivity index (χ1v) is 13.2. The van der Waals surface area contributed by atoms with Gasteiger partial charge in [0.1, 0.15) is 22.6 Å². The monoisotopic (exact) mass is 540 g/mol. The number of halogens is 2. The molecule has 2 aliphatic heterocycles. The van der Waals surface area contributed by atoms with Crippen LogP contribution in [0, 0.1) is 5.82 Å². The highest BCUT2D eigenvalue weighted by atomic mass is 35.5. The molecule has 4 heterocycles. The van der Waals surface area contributed by atoms with E-state index in [2.05, 4.69) is 53.6 Å². The summed E-state index contributed by atoms with van der Waals surface area (Å²) >= 11 is 5.82. The zero-order valence-corrected chi connectivity index (χ0v) is 22.7. The molecular formula is C27H34ClFN8O. The molecule has 3 aromatic rings. The quantitative estimate of drug-likeness (QED) is 0.462. The SMILES string of the molecule is CN1CCCN(c2cncc(-c3ccc(C=O)c(F)c3)n2)CC1.CN1CCCN(c2cncc(Cl)n2)CC1. The van der Waals surface area contributed by atoms with E-state index < -0.39 is 5.82 Å². The highest BCUT2D eigenvalue weighted by molar-refractivity contribution is 6.29. The minimum absolute atomic E-state index is 0.0495. The molecule has 9 nitrogen and oxygen atoms in total. The van der Waals surface area contributed by atoms with Crippen molar-refractivity contribution in [2.45, 2.75) is 12.8 Å². The Morgan fingerprint density at radius 3 is 1.97 bits per heavy atom. The fraction of sp³-hybridized carbons (Fsp3) is 0.444. The summed E-state index contributed by atoms with van der Waals surface area (Å²) in [4.78, 5) is 37.0. The van der Waals surface area contributed by atoms with Gasteiger partial charge in [0.15, 0.2) is 6.29 Å². The summed E-state index contributed by atoms with van der Waals surface area (Å²) in [6, 6.07) is 4.48. The fourth-order valence-corrected chi connectivity index (χ4v) is 4.61. The zero-order valence-electron chi connectivity index (χ0n) is 21.9. The predicted molar refractivity (Wildman–Crippen MR) is 149 cm³/mol. The van der Waals surface area contributed by atoms with Gasteiger partial charge in [0.2, 0.25) is 0 Å². The maximum absolute atomic E-state index is 13.8. The zero-order chi connectivity index (χ0) is 26.9. The number of likely N-dealkylation sites (N-methyl/N-ethyl adjacent to an activating group) is 2. The highest BCUT2D eigenvalue weighted by Crippen LogP contribution is 2.22. The molecule has 2 aromatic heterocycles. The molecule has 0 aliphatic carbocycles. The Hall–Kier alpha value is -3.21. The Bertz CT molecular complexity index is 1220. The summed E-state index contributed by atoms with van der Waals surface area (Å²) < 4.78 is 13.8. The van der Waals surface area contributed by atoms with E-state index in [1.807, 2.05) is 0 Å². The van der Waals surface area contributed by atoms with Crippen LogP contribution in [0.3, 0.4) is 0 Å². The first kappa shape index (κ1) is 27.8. The van der Waals surface area contributed by atoms with E-state index in [1.54, 1.807) is 30.9 Å². The Morgan fingerprint density at radius 2 is 1.39 bits per heavy atom. The molecule has 0 unspecified atom stereocenters. The van der Waals surface area contributed by atoms with E-state index in [9.17, 15) is 9.18 Å². The summed E-state index contributed by atoms with van der Waals surface area (Å²) in [5.74, 6) is 1.15. The van der Waals surface area contributed by atoms with Crippen LogP contribution in [0.25, 0.3) is 11.3 Å². The van der Waals surface area contributed by atoms with E-state index in [4.69, 9.17) is 11.6 Å². The molecule has 38 heavy (non-hydrogen) atoms. The van der Waals surface area contributed by atoms with Crippen molar-refractivity contribution >= 4 is 29.5 Å². The van der Waals surface area contributed by atoms with Crippen LogP contribution >= 0.6 is 11.6 Å². The molecule has 0 amide bonds. The van der Waals surface area contributed by atoms with Crippen molar-refractivity contribution < 1.29 is 9.18 Å². The van der Waals surface area contributed by atoms with E-state index in [1.165, 1.54) is 12.1 Å². The van der Waals surface area contributed by atoms with Crippen LogP contribution in [-0.4, -0.2) is 102 Å². The molecule has 0 bridgehead atoms. The maximum atomic E-state index is 13.8. The Kier molecular flexibility index (Phi) is 9.91. The molecule has 202 valence electrons. The molecule has 2 aliphatic rings. The standard InChI is InChI=1S/C17H19FN4O.C10H15ClN4/c1-21-5-2-6-22(8-7-21)17-11-19-10-16(20-17)13-3-4-14(12-23)15(18)9-13;1-14-3-2-4-15(6-5-14)10-8-12-7-9(11)13-10/h3-4,9-12H,2,5-8H2,1H3;7-8H,2-6H2,1H3. The van der Waals surface area contributed by atoms with E-state index in [0.717, 1.165) is 76.8 Å². The lowest BCUT2D eigenvalue weighted by molar-refractivity contribution is 0.112. The van der Waals surface area contributed by atoms with E-state index in [0.29, 0.717) is 22.7 Å². The lowest BCUT2D eigenvalue weighted by Gasteiger charge is -2.21. The Labute approximate surface area is 228 Å². The second-order valence-corrected chi connectivity index (χ2v) is 9.99. The highest BCUT2D eigenvalue weighted by Gasteiger charge is 2.16. The summed E-state index contributed by atoms with van der Waals surface area (Å²) in [5, 5.41) is 0.463. The molecule has 0 atom stereocenters. The fourth-order valence-electron chi connectivity index (χ4n) is 4.47. The van der Waals surface area contributed by atoms with E-state index >= 15 is 0 Å². The van der Waals surface area contributed by atoms with Crippen LogP contribution in [0.2, 0.25) is 5.15 Å². The van der Waals surface area contributed by atoms with Gasteiger partial charge >= 0.3 is 0 Å². The number of carbonyl (C=O) groups is 1. The first-order valence-electron chi connectivity index (χ1n) is 12.8. The van der Waals surface area contributed by atoms with Gasteiger partial charge in [-0.2, -0.15) is 0 Å². The van der Waals surface area contributed by atoms with Gasteiger partial charge < -0.3 is 19.6 Å². The van der Waals surface area contributed by atoms with Crippen LogP contribution in [-0.2, 0) is 0 Å². The number of hydrogen-bond acceptors (Lipinski definition) is 9. The number of benzene rings is 1. The van der Waals surface area contributed by atoms with Gasteiger partial charge in [-0.15, -0.1) is 0 Å². The number of aromatic nitrogens is 4. The summed E-state index contributed by atoms with van der Waals surface area (Å²) in [6.45, 7) is 8.11. The van der Waals surface area contributed by atoms with Gasteiger partial charge in [-0.1, -0.05) is 17.7 Å². The van der Waals surface area contributed by atoms with Crippen LogP contribution < -0.4 is 9.80 Å². The Balaban J connectivity index is 0.000000194. The van der Waals surface area contributed by atoms with Crippen molar-refractivity contribution in [3.63, 3.8) is 0 Å². The van der Waals surface area contributed by atoms with Crippen LogP contribution in [0.4, 0.5) is 16.0 Å². The van der Waals surface area contributed by atoms with Crippen molar-refractivity contribution in [3.8, 4) is 11.3 Å². The molecule has 0 saturated carbocycles. The first-order chi connectivity index (χ1) is 18.4. The lowest BCUT2D eigenvalue weighted by atomic mass is 10.1. The topological polar surface area (TPSA) is 81.6 Å². The molecule has 0 radical (unpaired) electrons. The van der Waals surface area contributed by atoms with Crippen molar-refractivity contribution in [2.24, 2.45) is 0 Å². The Morgan fingerprint density at radius 1 is 0.789 bits per heavy atom. The number of nitrogens with zero attached hydrogens (tertiary/aromatic N) is 8. The average Bonchev–Trinajstić information content (AvgIpc) is 3.28. The van der Waals surface area contributed by atoms with Gasteiger partial charge in [-0.25, -0.2) is 14.4 Å². The number of rotatable bonds is 4. The van der Waals surface area contributed by atoms with Crippen molar-refractivity contribution in [1.29, 1.82) is 0 Å². The van der Waals surface area contributed by atoms with Crippen LogP contribution in [0.5, 0.6) is 0 Å². The van der Waals surface area contributed by atoms with Gasteiger partial charge in [0.25, 0.3) is 0 Å². The van der Waals surface area contributed by atoms with Gasteiger partial charge in [-0.05, 0) is 52.2 Å². The summed E-state index contributed by atoms with van der Waals surface area (Å²) in [5.41, 5.74) is 1.28. The number of anilines is 2. The molecule has 1 aromatic carbocycles. The minimum atomic E-state index is -0.541. The molecule has 5 rings (SSSR count). The molecule has 11 heteroatoms. The summed E-state index contributed by atoms with van der Waals surface area (Å²) in [6.07, 6.45) is 9.44. The minimum Gasteiger partial charge on any atom is -0.354 e. The van der Waals surface area contributed by atoms with E-state index in [-0.39, 0.29) is 5.56 Å². The smallest absolute Gasteiger partial charge is 0.152 e. The third kappa shape index (κ3) is 7.66. The van der Waals surface area contributed by atoms with Gasteiger partial charge in [0.05, 0.1) is 36.0 Å².